The smallest absolute Gasteiger partial charge is 0.247 e. The Balaban J connectivity index is 2.82. The van der Waals surface area contributed by atoms with Crippen LogP contribution < -0.4 is 0 Å². The molecule has 0 bridgehead atoms. The lowest BCUT2D eigenvalue weighted by Crippen LogP contribution is -2.43. The molecular weight excluding hydrogens is 314 g/mol. The predicted octanol–water partition coefficient (Wildman–Crippen LogP) is 4.89. The summed E-state index contributed by atoms with van der Waals surface area (Å²) >= 11 is 3.41. The first-order valence-corrected chi connectivity index (χ1v) is 8.04. The molecule has 0 heterocycles. The van der Waals surface area contributed by atoms with Crippen LogP contribution >= 0.6 is 15.9 Å². The largest absolute Gasteiger partial charge is 0.334 e. The third kappa shape index (κ3) is 4.78. The molecule has 0 aliphatic rings. The lowest BCUT2D eigenvalue weighted by atomic mass is 10.1. The van der Waals surface area contributed by atoms with E-state index in [-0.39, 0.29) is 18.0 Å². The van der Waals surface area contributed by atoms with Crippen molar-refractivity contribution in [3.8, 4) is 0 Å². The van der Waals surface area contributed by atoms with Crippen LogP contribution in [0.15, 0.2) is 34.8 Å². The number of amides is 1. The van der Waals surface area contributed by atoms with E-state index in [4.69, 9.17) is 0 Å². The van der Waals surface area contributed by atoms with Gasteiger partial charge in [-0.3, -0.25) is 4.79 Å². The molecule has 3 heteroatoms. The highest BCUT2D eigenvalue weighted by Crippen LogP contribution is 2.15. The van der Waals surface area contributed by atoms with Crippen molar-refractivity contribution in [3.63, 3.8) is 0 Å². The topological polar surface area (TPSA) is 20.3 Å². The summed E-state index contributed by atoms with van der Waals surface area (Å²) in [6, 6.07) is 8.48. The minimum atomic E-state index is 0.0941. The Morgan fingerprint density at radius 2 is 1.65 bits per heavy atom. The summed E-state index contributed by atoms with van der Waals surface area (Å²) in [4.78, 5) is 14.4. The number of carbonyl (C=O) groups excluding carboxylic acids is 1. The second-order valence-electron chi connectivity index (χ2n) is 5.14. The van der Waals surface area contributed by atoms with Crippen LogP contribution in [0.5, 0.6) is 0 Å². The van der Waals surface area contributed by atoms with E-state index in [1.165, 1.54) is 0 Å². The average Bonchev–Trinajstić information content (AvgIpc) is 2.46. The van der Waals surface area contributed by atoms with Gasteiger partial charge in [0.05, 0.1) is 0 Å². The molecule has 0 aromatic heterocycles. The number of nitrogens with zero attached hydrogens (tertiary/aromatic N) is 1. The van der Waals surface area contributed by atoms with E-state index in [2.05, 4.69) is 43.6 Å². The van der Waals surface area contributed by atoms with E-state index in [0.717, 1.165) is 22.9 Å². The van der Waals surface area contributed by atoms with Gasteiger partial charge in [0.15, 0.2) is 0 Å². The lowest BCUT2D eigenvalue weighted by Gasteiger charge is -2.33. The van der Waals surface area contributed by atoms with Gasteiger partial charge in [-0.05, 0) is 50.5 Å². The molecule has 0 saturated heterocycles. The Bertz CT molecular complexity index is 443. The normalized spacial score (nSPS) is 14.2. The van der Waals surface area contributed by atoms with Crippen LogP contribution in [0.1, 0.15) is 46.1 Å². The molecule has 2 atom stereocenters. The summed E-state index contributed by atoms with van der Waals surface area (Å²) in [5.74, 6) is 0.0941. The molecule has 1 aromatic rings. The molecule has 0 spiro atoms. The van der Waals surface area contributed by atoms with Crippen LogP contribution in [0.3, 0.4) is 0 Å². The van der Waals surface area contributed by atoms with Crippen molar-refractivity contribution in [1.82, 2.24) is 4.90 Å². The van der Waals surface area contributed by atoms with Gasteiger partial charge in [0, 0.05) is 22.6 Å². The van der Waals surface area contributed by atoms with E-state index in [1.807, 2.05) is 35.2 Å². The molecule has 2 nitrogen and oxygen atoms in total. The van der Waals surface area contributed by atoms with E-state index in [1.54, 1.807) is 6.08 Å². The van der Waals surface area contributed by atoms with Crippen molar-refractivity contribution in [3.05, 3.63) is 40.4 Å². The van der Waals surface area contributed by atoms with E-state index in [9.17, 15) is 4.79 Å². The van der Waals surface area contributed by atoms with Crippen LogP contribution in [0, 0.1) is 0 Å². The molecule has 0 saturated carbocycles. The first-order chi connectivity index (χ1) is 9.49. The maximum absolute atomic E-state index is 12.4. The van der Waals surface area contributed by atoms with Gasteiger partial charge in [-0.25, -0.2) is 0 Å². The van der Waals surface area contributed by atoms with Crippen LogP contribution in [0.4, 0.5) is 0 Å². The highest BCUT2D eigenvalue weighted by molar-refractivity contribution is 9.10. The quantitative estimate of drug-likeness (QED) is 0.677. The number of halogens is 1. The van der Waals surface area contributed by atoms with E-state index in [0.29, 0.717) is 0 Å². The number of rotatable bonds is 6. The fourth-order valence-electron chi connectivity index (χ4n) is 2.09. The second kappa shape index (κ2) is 8.25. The maximum atomic E-state index is 12.4. The summed E-state index contributed by atoms with van der Waals surface area (Å²) in [6.45, 7) is 8.45. The summed E-state index contributed by atoms with van der Waals surface area (Å²) in [5, 5.41) is 0. The Morgan fingerprint density at radius 3 is 2.10 bits per heavy atom. The predicted molar refractivity (Wildman–Crippen MR) is 89.5 cm³/mol. The van der Waals surface area contributed by atoms with Crippen LogP contribution in [-0.2, 0) is 4.79 Å². The zero-order valence-electron chi connectivity index (χ0n) is 12.8. The standard InChI is InChI=1S/C17H24BrNO/c1-5-13(3)19(14(4)6-2)17(20)12-9-15-7-10-16(18)11-8-15/h7-14H,5-6H2,1-4H3. The summed E-state index contributed by atoms with van der Waals surface area (Å²) < 4.78 is 1.04. The van der Waals surface area contributed by atoms with Gasteiger partial charge < -0.3 is 4.90 Å². The Kier molecular flexibility index (Phi) is 7.00. The molecule has 1 amide bonds. The van der Waals surface area contributed by atoms with E-state index >= 15 is 0 Å². The number of hydrogen-bond acceptors (Lipinski definition) is 1. The molecule has 0 aliphatic heterocycles. The number of hydrogen-bond donors (Lipinski definition) is 0. The van der Waals surface area contributed by atoms with Crippen LogP contribution in [0.25, 0.3) is 6.08 Å². The number of carbonyl (C=O) groups is 1. The molecule has 1 rings (SSSR count). The molecule has 20 heavy (non-hydrogen) atoms. The van der Waals surface area contributed by atoms with Gasteiger partial charge in [-0.15, -0.1) is 0 Å². The van der Waals surface area contributed by atoms with Gasteiger partial charge >= 0.3 is 0 Å². The molecule has 2 unspecified atom stereocenters. The third-order valence-corrected chi connectivity index (χ3v) is 4.20. The Labute approximate surface area is 131 Å². The molecule has 110 valence electrons. The average molecular weight is 338 g/mol. The van der Waals surface area contributed by atoms with Crippen molar-refractivity contribution in [2.24, 2.45) is 0 Å². The fourth-order valence-corrected chi connectivity index (χ4v) is 2.35. The van der Waals surface area contributed by atoms with Crippen molar-refractivity contribution in [2.75, 3.05) is 0 Å². The van der Waals surface area contributed by atoms with E-state index < -0.39 is 0 Å². The van der Waals surface area contributed by atoms with Crippen LogP contribution in [-0.4, -0.2) is 22.9 Å². The molecular formula is C17H24BrNO. The van der Waals surface area contributed by atoms with Crippen molar-refractivity contribution >= 4 is 27.9 Å². The fraction of sp³-hybridized carbons (Fsp3) is 0.471. The zero-order valence-corrected chi connectivity index (χ0v) is 14.4. The molecule has 1 aromatic carbocycles. The third-order valence-electron chi connectivity index (χ3n) is 3.67. The lowest BCUT2D eigenvalue weighted by molar-refractivity contribution is -0.130. The van der Waals surface area contributed by atoms with Gasteiger partial charge in [0.1, 0.15) is 0 Å². The Morgan fingerprint density at radius 1 is 1.15 bits per heavy atom. The zero-order chi connectivity index (χ0) is 15.1. The molecule has 0 radical (unpaired) electrons. The molecule has 0 fully saturated rings. The monoisotopic (exact) mass is 337 g/mol. The minimum absolute atomic E-state index is 0.0941. The summed E-state index contributed by atoms with van der Waals surface area (Å²) in [6.07, 6.45) is 5.51. The summed E-state index contributed by atoms with van der Waals surface area (Å²) in [5.41, 5.74) is 1.04. The van der Waals surface area contributed by atoms with Gasteiger partial charge in [-0.1, -0.05) is 41.9 Å². The van der Waals surface area contributed by atoms with Crippen molar-refractivity contribution in [1.29, 1.82) is 0 Å². The molecule has 0 aliphatic carbocycles. The SMILES string of the molecule is CCC(C)N(C(=O)C=Cc1ccc(Br)cc1)C(C)CC. The van der Waals surface area contributed by atoms with Crippen LogP contribution in [0.2, 0.25) is 0 Å². The molecule has 0 N–H and O–H groups in total. The number of benzene rings is 1. The summed E-state index contributed by atoms with van der Waals surface area (Å²) in [7, 11) is 0. The Hall–Kier alpha value is -1.09. The van der Waals surface area contributed by atoms with Crippen molar-refractivity contribution in [2.45, 2.75) is 52.6 Å². The second-order valence-corrected chi connectivity index (χ2v) is 6.06. The highest BCUT2D eigenvalue weighted by atomic mass is 79.9. The van der Waals surface area contributed by atoms with Gasteiger partial charge in [0.25, 0.3) is 0 Å². The highest BCUT2D eigenvalue weighted by Gasteiger charge is 2.21. The minimum Gasteiger partial charge on any atom is -0.334 e. The maximum Gasteiger partial charge on any atom is 0.247 e. The first kappa shape index (κ1) is 17.0. The first-order valence-electron chi connectivity index (χ1n) is 7.25. The van der Waals surface area contributed by atoms with Crippen molar-refractivity contribution < 1.29 is 4.79 Å². The van der Waals surface area contributed by atoms with Gasteiger partial charge in [0.2, 0.25) is 5.91 Å². The van der Waals surface area contributed by atoms with Gasteiger partial charge in [-0.2, -0.15) is 0 Å².